The van der Waals surface area contributed by atoms with E-state index in [4.69, 9.17) is 14.2 Å². The van der Waals surface area contributed by atoms with Gasteiger partial charge in [0, 0.05) is 17.8 Å². The lowest BCUT2D eigenvalue weighted by Gasteiger charge is -2.20. The smallest absolute Gasteiger partial charge is 0.246 e. The summed E-state index contributed by atoms with van der Waals surface area (Å²) in [6, 6.07) is 8.43. The van der Waals surface area contributed by atoms with Crippen molar-refractivity contribution in [2.75, 3.05) is 31.0 Å². The van der Waals surface area contributed by atoms with Gasteiger partial charge in [-0.25, -0.2) is 4.98 Å². The zero-order valence-electron chi connectivity index (χ0n) is 13.5. The zero-order valence-corrected chi connectivity index (χ0v) is 13.5. The van der Waals surface area contributed by atoms with Crippen molar-refractivity contribution in [3.05, 3.63) is 36.5 Å². The van der Waals surface area contributed by atoms with Gasteiger partial charge in [-0.05, 0) is 25.1 Å². The fourth-order valence-electron chi connectivity index (χ4n) is 2.27. The molecule has 126 valence electrons. The number of carbonyl (C=O) groups excluding carboxylic acids is 1. The highest BCUT2D eigenvalue weighted by atomic mass is 16.6. The predicted molar refractivity (Wildman–Crippen MR) is 89.9 cm³/mol. The SMILES string of the molecule is COc1ccc(NC(C)C(=O)Nc2ccc3c(c2)OCCO3)cn1. The molecule has 1 aliphatic heterocycles. The van der Waals surface area contributed by atoms with Crippen LogP contribution in [0.2, 0.25) is 0 Å². The third-order valence-electron chi connectivity index (χ3n) is 3.53. The third-order valence-corrected chi connectivity index (χ3v) is 3.53. The molecule has 0 saturated heterocycles. The monoisotopic (exact) mass is 329 g/mol. The van der Waals surface area contributed by atoms with Crippen LogP contribution in [0.3, 0.4) is 0 Å². The largest absolute Gasteiger partial charge is 0.486 e. The summed E-state index contributed by atoms with van der Waals surface area (Å²) in [6.45, 7) is 2.82. The Morgan fingerprint density at radius 1 is 1.17 bits per heavy atom. The number of hydrogen-bond donors (Lipinski definition) is 2. The second-order valence-corrected chi connectivity index (χ2v) is 5.30. The molecular weight excluding hydrogens is 310 g/mol. The van der Waals surface area contributed by atoms with Gasteiger partial charge >= 0.3 is 0 Å². The Hall–Kier alpha value is -2.96. The average Bonchev–Trinajstić information content (AvgIpc) is 2.62. The second kappa shape index (κ2) is 7.08. The lowest BCUT2D eigenvalue weighted by molar-refractivity contribution is -0.116. The summed E-state index contributed by atoms with van der Waals surface area (Å²) < 4.78 is 16.0. The van der Waals surface area contributed by atoms with Gasteiger partial charge in [-0.1, -0.05) is 0 Å². The van der Waals surface area contributed by atoms with E-state index in [9.17, 15) is 4.79 Å². The van der Waals surface area contributed by atoms with Crippen molar-refractivity contribution in [3.8, 4) is 17.4 Å². The van der Waals surface area contributed by atoms with Crippen LogP contribution in [0.25, 0.3) is 0 Å². The molecule has 7 heteroatoms. The fourth-order valence-corrected chi connectivity index (χ4v) is 2.27. The number of anilines is 2. The second-order valence-electron chi connectivity index (χ2n) is 5.30. The molecule has 1 amide bonds. The molecule has 3 rings (SSSR count). The van der Waals surface area contributed by atoms with E-state index >= 15 is 0 Å². The van der Waals surface area contributed by atoms with Crippen molar-refractivity contribution in [2.45, 2.75) is 13.0 Å². The van der Waals surface area contributed by atoms with Crippen molar-refractivity contribution in [2.24, 2.45) is 0 Å². The standard InChI is InChI=1S/C17H19N3O4/c1-11(19-13-4-6-16(22-2)18-10-13)17(21)20-12-3-5-14-15(9-12)24-8-7-23-14/h3-6,9-11,19H,7-8H2,1-2H3,(H,20,21). The van der Waals surface area contributed by atoms with Gasteiger partial charge in [-0.2, -0.15) is 0 Å². The van der Waals surface area contributed by atoms with E-state index in [0.29, 0.717) is 36.3 Å². The Morgan fingerprint density at radius 2 is 1.92 bits per heavy atom. The molecule has 1 aromatic carbocycles. The van der Waals surface area contributed by atoms with Crippen LogP contribution in [0, 0.1) is 0 Å². The van der Waals surface area contributed by atoms with Crippen LogP contribution in [-0.4, -0.2) is 37.3 Å². The van der Waals surface area contributed by atoms with E-state index < -0.39 is 6.04 Å². The number of hydrogen-bond acceptors (Lipinski definition) is 6. The predicted octanol–water partition coefficient (Wildman–Crippen LogP) is 2.30. The first-order chi connectivity index (χ1) is 11.7. The van der Waals surface area contributed by atoms with Crippen LogP contribution in [0.5, 0.6) is 17.4 Å². The van der Waals surface area contributed by atoms with Crippen molar-refractivity contribution < 1.29 is 19.0 Å². The summed E-state index contributed by atoms with van der Waals surface area (Å²) in [5.74, 6) is 1.69. The Morgan fingerprint density at radius 3 is 2.62 bits per heavy atom. The molecule has 2 aromatic rings. The van der Waals surface area contributed by atoms with Gasteiger partial charge in [0.2, 0.25) is 11.8 Å². The van der Waals surface area contributed by atoms with Gasteiger partial charge in [-0.15, -0.1) is 0 Å². The zero-order chi connectivity index (χ0) is 16.9. The van der Waals surface area contributed by atoms with Gasteiger partial charge < -0.3 is 24.8 Å². The number of rotatable bonds is 5. The van der Waals surface area contributed by atoms with Crippen LogP contribution in [0.4, 0.5) is 11.4 Å². The summed E-state index contributed by atoms with van der Waals surface area (Å²) in [5.41, 5.74) is 1.39. The van der Waals surface area contributed by atoms with E-state index in [1.807, 2.05) is 0 Å². The molecule has 24 heavy (non-hydrogen) atoms. The van der Waals surface area contributed by atoms with Gasteiger partial charge in [0.1, 0.15) is 19.3 Å². The van der Waals surface area contributed by atoms with Gasteiger partial charge in [0.25, 0.3) is 0 Å². The number of ether oxygens (including phenoxy) is 3. The van der Waals surface area contributed by atoms with E-state index in [0.717, 1.165) is 5.69 Å². The number of methoxy groups -OCH3 is 1. The van der Waals surface area contributed by atoms with Crippen molar-refractivity contribution in [1.82, 2.24) is 4.98 Å². The fraction of sp³-hybridized carbons (Fsp3) is 0.294. The number of nitrogens with one attached hydrogen (secondary N) is 2. The maximum Gasteiger partial charge on any atom is 0.246 e. The molecule has 0 saturated carbocycles. The van der Waals surface area contributed by atoms with E-state index in [2.05, 4.69) is 15.6 Å². The van der Waals surface area contributed by atoms with Crippen LogP contribution in [-0.2, 0) is 4.79 Å². The summed E-state index contributed by atoms with van der Waals surface area (Å²) in [6.07, 6.45) is 1.62. The molecule has 1 aliphatic rings. The molecular formula is C17H19N3O4. The maximum atomic E-state index is 12.3. The number of fused-ring (bicyclic) bond motifs is 1. The quantitative estimate of drug-likeness (QED) is 0.876. The first-order valence-corrected chi connectivity index (χ1v) is 7.63. The molecule has 0 fully saturated rings. The molecule has 1 unspecified atom stereocenters. The van der Waals surface area contributed by atoms with Crippen LogP contribution < -0.4 is 24.8 Å². The van der Waals surface area contributed by atoms with Gasteiger partial charge in [0.05, 0.1) is 19.0 Å². The Labute approximate surface area is 139 Å². The minimum absolute atomic E-state index is 0.164. The molecule has 0 bridgehead atoms. The molecule has 2 N–H and O–H groups in total. The number of amides is 1. The van der Waals surface area contributed by atoms with Crippen LogP contribution in [0.1, 0.15) is 6.92 Å². The highest BCUT2D eigenvalue weighted by Gasteiger charge is 2.16. The van der Waals surface area contributed by atoms with Crippen molar-refractivity contribution in [3.63, 3.8) is 0 Å². The number of benzene rings is 1. The minimum Gasteiger partial charge on any atom is -0.486 e. The van der Waals surface area contributed by atoms with Gasteiger partial charge in [-0.3, -0.25) is 4.79 Å². The van der Waals surface area contributed by atoms with E-state index in [-0.39, 0.29) is 5.91 Å². The topological polar surface area (TPSA) is 81.7 Å². The molecule has 0 aliphatic carbocycles. The Balaban J connectivity index is 1.61. The molecule has 1 atom stereocenters. The van der Waals surface area contributed by atoms with Crippen LogP contribution in [0.15, 0.2) is 36.5 Å². The Bertz CT molecular complexity index is 718. The lowest BCUT2D eigenvalue weighted by atomic mass is 10.2. The maximum absolute atomic E-state index is 12.3. The molecule has 2 heterocycles. The highest BCUT2D eigenvalue weighted by molar-refractivity contribution is 5.96. The van der Waals surface area contributed by atoms with Gasteiger partial charge in [0.15, 0.2) is 11.5 Å². The van der Waals surface area contributed by atoms with Crippen molar-refractivity contribution in [1.29, 1.82) is 0 Å². The third kappa shape index (κ3) is 3.68. The highest BCUT2D eigenvalue weighted by Crippen LogP contribution is 2.32. The number of carbonyl (C=O) groups is 1. The minimum atomic E-state index is -0.437. The lowest BCUT2D eigenvalue weighted by Crippen LogP contribution is -2.31. The summed E-state index contributed by atoms with van der Waals surface area (Å²) in [5, 5.41) is 5.94. The van der Waals surface area contributed by atoms with Crippen LogP contribution >= 0.6 is 0 Å². The molecule has 1 aromatic heterocycles. The number of aromatic nitrogens is 1. The molecule has 0 radical (unpaired) electrons. The normalized spacial score (nSPS) is 13.8. The van der Waals surface area contributed by atoms with E-state index in [1.54, 1.807) is 50.6 Å². The summed E-state index contributed by atoms with van der Waals surface area (Å²) in [4.78, 5) is 16.4. The Kier molecular flexibility index (Phi) is 4.69. The molecule has 0 spiro atoms. The first-order valence-electron chi connectivity index (χ1n) is 7.63. The summed E-state index contributed by atoms with van der Waals surface area (Å²) in [7, 11) is 1.55. The number of nitrogens with zero attached hydrogens (tertiary/aromatic N) is 1. The molecule has 7 nitrogen and oxygen atoms in total. The average molecular weight is 329 g/mol. The van der Waals surface area contributed by atoms with Crippen molar-refractivity contribution >= 4 is 17.3 Å². The number of pyridine rings is 1. The first kappa shape index (κ1) is 15.9. The van der Waals surface area contributed by atoms with E-state index in [1.165, 1.54) is 0 Å². The summed E-state index contributed by atoms with van der Waals surface area (Å²) >= 11 is 0.